The van der Waals surface area contributed by atoms with Crippen LogP contribution in [0.4, 0.5) is 0 Å². The number of rotatable bonds is 12. The monoisotopic (exact) mass is 520 g/mol. The molecule has 1 aliphatic rings. The van der Waals surface area contributed by atoms with E-state index in [0.29, 0.717) is 24.9 Å². The number of likely N-dealkylation sites (tertiary alicyclic amines) is 1. The molecule has 7 N–H and O–H groups in total. The molecule has 1 saturated heterocycles. The lowest BCUT2D eigenvalue weighted by atomic mass is 9.73. The second-order valence-corrected chi connectivity index (χ2v) is 9.88. The molecule has 13 heteroatoms. The Kier molecular flexibility index (Phi) is 11.0. The Bertz CT molecular complexity index is 949. The summed E-state index contributed by atoms with van der Waals surface area (Å²) in [6.45, 7) is 6.94. The van der Waals surface area contributed by atoms with E-state index in [-0.39, 0.29) is 17.4 Å². The van der Waals surface area contributed by atoms with Crippen LogP contribution in [0.1, 0.15) is 62.7 Å². The standard InChI is InChI=1S/C24H37BN4O8/c1-13(2)19(27-22(33)16-9-7-15(8-10-16)21(32)26-12-18(30)31)24(35)29-11-5-6-17(29)23(34)28-20(14(3)4)25(36)37/h7-10,13-14,17,19-21,26,32,36-37H,5-6,11-12H2,1-4H3,(H,27,33)(H,28,34)(H,30,31)/t17-,19-,20-,21?/m0/s1. The molecule has 1 aromatic rings. The van der Waals surface area contributed by atoms with E-state index in [1.54, 1.807) is 27.7 Å². The molecule has 0 aliphatic carbocycles. The largest absolute Gasteiger partial charge is 0.480 e. The topological polar surface area (TPSA) is 189 Å². The highest BCUT2D eigenvalue weighted by atomic mass is 16.4. The normalized spacial score (nSPS) is 17.9. The van der Waals surface area contributed by atoms with E-state index >= 15 is 0 Å². The number of amides is 3. The molecular weight excluding hydrogens is 483 g/mol. The second kappa shape index (κ2) is 13.5. The third kappa shape index (κ3) is 8.25. The molecule has 1 aromatic carbocycles. The smallest absolute Gasteiger partial charge is 0.475 e. The average molecular weight is 520 g/mol. The summed E-state index contributed by atoms with van der Waals surface area (Å²) in [5.74, 6) is -3.93. The highest BCUT2D eigenvalue weighted by molar-refractivity contribution is 6.43. The average Bonchev–Trinajstić information content (AvgIpc) is 3.33. The summed E-state index contributed by atoms with van der Waals surface area (Å²) >= 11 is 0. The number of nitrogens with zero attached hydrogens (tertiary/aromatic N) is 1. The van der Waals surface area contributed by atoms with Gasteiger partial charge in [-0.3, -0.25) is 24.5 Å². The summed E-state index contributed by atoms with van der Waals surface area (Å²) in [7, 11) is -1.74. The van der Waals surface area contributed by atoms with Gasteiger partial charge in [0.1, 0.15) is 18.3 Å². The van der Waals surface area contributed by atoms with Gasteiger partial charge in [-0.15, -0.1) is 0 Å². The van der Waals surface area contributed by atoms with Crippen LogP contribution in [0.5, 0.6) is 0 Å². The van der Waals surface area contributed by atoms with Crippen molar-refractivity contribution in [2.75, 3.05) is 13.1 Å². The molecule has 37 heavy (non-hydrogen) atoms. The SMILES string of the molecule is CC(C)[C@H](NC(=O)[C@@H]1CCCN1C(=O)[C@@H](NC(=O)c1ccc(C(O)NCC(=O)O)cc1)C(C)C)B(O)O. The number of aliphatic carboxylic acids is 1. The first-order valence-electron chi connectivity index (χ1n) is 12.3. The molecule has 0 aromatic heterocycles. The van der Waals surface area contributed by atoms with Crippen LogP contribution in [0.15, 0.2) is 24.3 Å². The fourth-order valence-electron chi connectivity index (χ4n) is 4.18. The third-order valence-corrected chi connectivity index (χ3v) is 6.34. The maximum Gasteiger partial charge on any atom is 0.475 e. The van der Waals surface area contributed by atoms with Crippen molar-refractivity contribution in [3.63, 3.8) is 0 Å². The molecule has 12 nitrogen and oxygen atoms in total. The minimum Gasteiger partial charge on any atom is -0.480 e. The van der Waals surface area contributed by atoms with E-state index in [1.807, 2.05) is 0 Å². The summed E-state index contributed by atoms with van der Waals surface area (Å²) in [4.78, 5) is 51.3. The van der Waals surface area contributed by atoms with Gasteiger partial charge in [-0.2, -0.15) is 0 Å². The number of hydrogen-bond acceptors (Lipinski definition) is 8. The molecule has 0 saturated carbocycles. The van der Waals surface area contributed by atoms with Crippen molar-refractivity contribution < 1.29 is 39.4 Å². The van der Waals surface area contributed by atoms with Gasteiger partial charge in [0.2, 0.25) is 11.8 Å². The van der Waals surface area contributed by atoms with Gasteiger partial charge >= 0.3 is 13.1 Å². The Balaban J connectivity index is 2.10. The van der Waals surface area contributed by atoms with E-state index in [0.717, 1.165) is 0 Å². The first-order valence-corrected chi connectivity index (χ1v) is 12.3. The number of carbonyl (C=O) groups excluding carboxylic acids is 3. The number of benzene rings is 1. The number of aliphatic hydroxyl groups is 1. The molecule has 1 aliphatic heterocycles. The Morgan fingerprint density at radius 1 is 1.03 bits per heavy atom. The lowest BCUT2D eigenvalue weighted by Crippen LogP contribution is -2.58. The molecule has 4 atom stereocenters. The van der Waals surface area contributed by atoms with Gasteiger partial charge in [0.25, 0.3) is 5.91 Å². The van der Waals surface area contributed by atoms with E-state index in [4.69, 9.17) is 5.11 Å². The minimum absolute atomic E-state index is 0.236. The summed E-state index contributed by atoms with van der Waals surface area (Å²) in [5.41, 5.74) is 0.605. The van der Waals surface area contributed by atoms with Crippen molar-refractivity contribution >= 4 is 30.8 Å². The van der Waals surface area contributed by atoms with Crippen LogP contribution in [0, 0.1) is 11.8 Å². The Morgan fingerprint density at radius 3 is 2.16 bits per heavy atom. The van der Waals surface area contributed by atoms with E-state index in [9.17, 15) is 34.3 Å². The van der Waals surface area contributed by atoms with E-state index < -0.39 is 61.6 Å². The van der Waals surface area contributed by atoms with Crippen LogP contribution in [0.2, 0.25) is 0 Å². The lowest BCUT2D eigenvalue weighted by Gasteiger charge is -2.32. The fourth-order valence-corrected chi connectivity index (χ4v) is 4.18. The van der Waals surface area contributed by atoms with Crippen LogP contribution in [0.25, 0.3) is 0 Å². The molecule has 1 unspecified atom stereocenters. The van der Waals surface area contributed by atoms with Gasteiger partial charge < -0.3 is 35.8 Å². The third-order valence-electron chi connectivity index (χ3n) is 6.34. The minimum atomic E-state index is -1.74. The Hall–Kier alpha value is -3.00. The molecule has 2 rings (SSSR count). The zero-order valence-corrected chi connectivity index (χ0v) is 21.5. The molecule has 1 heterocycles. The van der Waals surface area contributed by atoms with Crippen molar-refractivity contribution in [2.24, 2.45) is 11.8 Å². The molecule has 0 bridgehead atoms. The van der Waals surface area contributed by atoms with Crippen molar-refractivity contribution in [1.29, 1.82) is 0 Å². The number of carboxylic acids is 1. The predicted molar refractivity (Wildman–Crippen MR) is 135 cm³/mol. The van der Waals surface area contributed by atoms with Crippen molar-refractivity contribution in [3.05, 3.63) is 35.4 Å². The zero-order valence-electron chi connectivity index (χ0n) is 21.5. The molecule has 204 valence electrons. The number of nitrogens with one attached hydrogen (secondary N) is 3. The van der Waals surface area contributed by atoms with Crippen molar-refractivity contribution in [3.8, 4) is 0 Å². The second-order valence-electron chi connectivity index (χ2n) is 9.88. The quantitative estimate of drug-likeness (QED) is 0.137. The first kappa shape index (κ1) is 30.2. The van der Waals surface area contributed by atoms with Crippen LogP contribution in [0.3, 0.4) is 0 Å². The maximum atomic E-state index is 13.4. The van der Waals surface area contributed by atoms with E-state index in [1.165, 1.54) is 29.2 Å². The fraction of sp³-hybridized carbons (Fsp3) is 0.583. The number of carbonyl (C=O) groups is 4. The molecule has 0 radical (unpaired) electrons. The highest BCUT2D eigenvalue weighted by Gasteiger charge is 2.40. The van der Waals surface area contributed by atoms with Gasteiger partial charge in [-0.1, -0.05) is 39.8 Å². The van der Waals surface area contributed by atoms with Gasteiger partial charge in [0.15, 0.2) is 0 Å². The zero-order chi connectivity index (χ0) is 27.9. The summed E-state index contributed by atoms with van der Waals surface area (Å²) in [6.07, 6.45) is -0.211. The molecule has 1 fully saturated rings. The van der Waals surface area contributed by atoms with Crippen LogP contribution < -0.4 is 16.0 Å². The van der Waals surface area contributed by atoms with Crippen LogP contribution in [-0.4, -0.2) is 87.1 Å². The van der Waals surface area contributed by atoms with Gasteiger partial charge in [-0.25, -0.2) is 0 Å². The van der Waals surface area contributed by atoms with Gasteiger partial charge in [0, 0.05) is 12.1 Å². The molecular formula is C24H37BN4O8. The summed E-state index contributed by atoms with van der Waals surface area (Å²) < 4.78 is 0. The number of carboxylic acid groups (broad SMARTS) is 1. The Morgan fingerprint density at radius 2 is 1.65 bits per heavy atom. The highest BCUT2D eigenvalue weighted by Crippen LogP contribution is 2.21. The predicted octanol–water partition coefficient (Wildman–Crippen LogP) is -0.750. The Labute approximate surface area is 216 Å². The van der Waals surface area contributed by atoms with Crippen molar-refractivity contribution in [2.45, 2.75) is 64.8 Å². The number of hydrogen-bond donors (Lipinski definition) is 7. The lowest BCUT2D eigenvalue weighted by molar-refractivity contribution is -0.140. The van der Waals surface area contributed by atoms with E-state index in [2.05, 4.69) is 16.0 Å². The number of aliphatic hydroxyl groups excluding tert-OH is 1. The van der Waals surface area contributed by atoms with Crippen molar-refractivity contribution in [1.82, 2.24) is 20.9 Å². The maximum absolute atomic E-state index is 13.4. The molecule has 3 amide bonds. The van der Waals surface area contributed by atoms with Gasteiger partial charge in [0.05, 0.1) is 12.5 Å². The van der Waals surface area contributed by atoms with Gasteiger partial charge in [-0.05, 0) is 42.4 Å². The summed E-state index contributed by atoms with van der Waals surface area (Å²) in [5, 5.41) is 45.7. The van der Waals surface area contributed by atoms with Crippen LogP contribution >= 0.6 is 0 Å². The first-order chi connectivity index (χ1) is 17.3. The van der Waals surface area contributed by atoms with Crippen LogP contribution in [-0.2, 0) is 14.4 Å². The molecule has 0 spiro atoms. The summed E-state index contributed by atoms with van der Waals surface area (Å²) in [6, 6.07) is 4.16.